The van der Waals surface area contributed by atoms with Gasteiger partial charge in [-0.2, -0.15) is 0 Å². The molecule has 0 saturated heterocycles. The van der Waals surface area contributed by atoms with Crippen molar-refractivity contribution >= 4 is 0 Å². The third kappa shape index (κ3) is 15.2. The summed E-state index contributed by atoms with van der Waals surface area (Å²) in [6.07, 6.45) is 2.07. The van der Waals surface area contributed by atoms with Crippen LogP contribution in [0.4, 0.5) is 0 Å². The zero-order valence-electron chi connectivity index (χ0n) is 42.1. The largest absolute Gasteiger partial charge is 0.396 e. The average molecular weight is 1040 g/mol. The summed E-state index contributed by atoms with van der Waals surface area (Å²) in [7, 11) is 0. The molecular weight excluding hydrogens is 964 g/mol. The molecular formula is C63H71O7Ti2-. The molecule has 9 heteroatoms. The number of rotatable bonds is 14. The molecule has 0 aromatic heterocycles. The summed E-state index contributed by atoms with van der Waals surface area (Å²) in [6, 6.07) is 74.8. The second-order valence-corrected chi connectivity index (χ2v) is 17.7. The molecule has 72 heavy (non-hydrogen) atoms. The third-order valence-electron chi connectivity index (χ3n) is 11.9. The molecule has 7 N–H and O–H groups in total. The van der Waals surface area contributed by atoms with E-state index in [1.807, 2.05) is 243 Å². The fourth-order valence-corrected chi connectivity index (χ4v) is 8.65. The van der Waals surface area contributed by atoms with Crippen LogP contribution in [-0.4, -0.2) is 54.1 Å². The van der Waals surface area contributed by atoms with E-state index in [1.165, 1.54) is 0 Å². The summed E-state index contributed by atoms with van der Waals surface area (Å²) in [5.41, 5.74) is -2.54. The quantitative estimate of drug-likeness (QED) is 0.0425. The predicted molar refractivity (Wildman–Crippen MR) is 285 cm³/mol. The fourth-order valence-electron chi connectivity index (χ4n) is 8.65. The Hall–Kier alpha value is -5.09. The second kappa shape index (κ2) is 30.2. The van der Waals surface area contributed by atoms with E-state index in [9.17, 15) is 20.4 Å². The van der Waals surface area contributed by atoms with Crippen molar-refractivity contribution < 1.29 is 79.2 Å². The van der Waals surface area contributed by atoms with Gasteiger partial charge in [0.15, 0.2) is 22.4 Å². The van der Waals surface area contributed by atoms with Crippen LogP contribution >= 0.6 is 0 Å². The van der Waals surface area contributed by atoms with E-state index < -0.39 is 34.1 Å². The van der Waals surface area contributed by atoms with Crippen LogP contribution in [0, 0.1) is 7.43 Å². The molecule has 0 spiro atoms. The molecule has 0 radical (unpaired) electrons. The first-order chi connectivity index (χ1) is 33.2. The monoisotopic (exact) mass is 1040 g/mol. The van der Waals surface area contributed by atoms with Crippen LogP contribution in [0.15, 0.2) is 243 Å². The SMILES string of the molecule is CC(O)CC(C)(C)O.CCCCO.OC(c1ccccc1)(c1ccccc1)C(O)(c1ccccc1)c1ccccc1.OC(c1ccccc1)(c1ccccc1)C(O)(c1ccccc1)c1ccccc1.[CH3-].[Ti].[Ti]. The van der Waals surface area contributed by atoms with Crippen LogP contribution in [0.25, 0.3) is 0 Å². The van der Waals surface area contributed by atoms with Crippen LogP contribution in [0.2, 0.25) is 0 Å². The van der Waals surface area contributed by atoms with Gasteiger partial charge < -0.3 is 43.2 Å². The van der Waals surface area contributed by atoms with Gasteiger partial charge in [0.2, 0.25) is 0 Å². The van der Waals surface area contributed by atoms with Crippen molar-refractivity contribution in [3.8, 4) is 0 Å². The molecule has 0 aliphatic rings. The third-order valence-corrected chi connectivity index (χ3v) is 11.9. The minimum absolute atomic E-state index is 0. The van der Waals surface area contributed by atoms with Crippen molar-refractivity contribution in [3.05, 3.63) is 295 Å². The summed E-state index contributed by atoms with van der Waals surface area (Å²) < 4.78 is 0. The van der Waals surface area contributed by atoms with Crippen molar-refractivity contribution in [2.24, 2.45) is 0 Å². The van der Waals surface area contributed by atoms with E-state index >= 15 is 0 Å². The van der Waals surface area contributed by atoms with Crippen molar-refractivity contribution in [1.29, 1.82) is 0 Å². The Bertz CT molecular complexity index is 2110. The molecule has 0 heterocycles. The molecule has 1 unspecified atom stereocenters. The zero-order chi connectivity index (χ0) is 49.8. The second-order valence-electron chi connectivity index (χ2n) is 17.7. The smallest absolute Gasteiger partial charge is 0.152 e. The number of hydrogen-bond acceptors (Lipinski definition) is 7. The van der Waals surface area contributed by atoms with Crippen molar-refractivity contribution in [2.75, 3.05) is 6.61 Å². The molecule has 1 atom stereocenters. The molecule has 0 bridgehead atoms. The topological polar surface area (TPSA) is 142 Å². The maximum absolute atomic E-state index is 12.3. The first kappa shape index (κ1) is 63.0. The summed E-state index contributed by atoms with van der Waals surface area (Å²) in [5, 5.41) is 75.1. The molecule has 0 fully saturated rings. The molecule has 8 aromatic carbocycles. The average Bonchev–Trinajstić information content (AvgIpc) is 3.39. The number of aliphatic hydroxyl groups excluding tert-OH is 2. The van der Waals surface area contributed by atoms with Crippen LogP contribution in [0.5, 0.6) is 0 Å². The Kier molecular flexibility index (Phi) is 26.4. The molecule has 374 valence electrons. The van der Waals surface area contributed by atoms with Crippen molar-refractivity contribution in [3.63, 3.8) is 0 Å². The number of benzene rings is 8. The van der Waals surface area contributed by atoms with E-state index in [4.69, 9.17) is 15.3 Å². The van der Waals surface area contributed by atoms with Gasteiger partial charge in [0, 0.05) is 56.5 Å². The van der Waals surface area contributed by atoms with Crippen LogP contribution in [-0.2, 0) is 65.8 Å². The Balaban J connectivity index is 0.000000384. The Morgan fingerprint density at radius 2 is 0.500 bits per heavy atom. The Morgan fingerprint density at radius 1 is 0.347 bits per heavy atom. The van der Waals surface area contributed by atoms with Gasteiger partial charge in [-0.3, -0.25) is 0 Å². The van der Waals surface area contributed by atoms with Gasteiger partial charge in [-0.05, 0) is 71.7 Å². The van der Waals surface area contributed by atoms with Gasteiger partial charge in [-0.1, -0.05) is 256 Å². The van der Waals surface area contributed by atoms with Crippen molar-refractivity contribution in [2.45, 2.75) is 81.1 Å². The number of unbranched alkanes of at least 4 members (excludes halogenated alkanes) is 1. The maximum Gasteiger partial charge on any atom is 0.152 e. The standard InChI is InChI=1S/2C26H22O2.C6H14O2.C4H10O.CH3.2Ti/c2*27-25(21-13-5-1-6-14-21,22-15-7-2-8-16-22)26(28,23-17-9-3-10-18-23)24-19-11-4-12-20-24;1-5(7)4-6(2,3)8;1-2-3-4-5;;;/h2*1-20,27-28H;5,7-8H,4H2,1-3H3;5H,2-4H2,1H3;1H3;;/q;;;;-1;;. The normalized spacial score (nSPS) is 11.7. The minimum Gasteiger partial charge on any atom is -0.396 e. The number of aliphatic hydroxyl groups is 7. The Morgan fingerprint density at radius 3 is 0.569 bits per heavy atom. The van der Waals surface area contributed by atoms with Crippen LogP contribution in [0.3, 0.4) is 0 Å². The van der Waals surface area contributed by atoms with Gasteiger partial charge in [-0.25, -0.2) is 0 Å². The molecule has 0 aliphatic heterocycles. The van der Waals surface area contributed by atoms with Gasteiger partial charge in [0.05, 0.1) is 11.7 Å². The molecule has 0 aliphatic carbocycles. The summed E-state index contributed by atoms with van der Waals surface area (Å²) >= 11 is 0. The molecule has 0 amide bonds. The molecule has 7 nitrogen and oxygen atoms in total. The van der Waals surface area contributed by atoms with E-state index in [1.54, 1.807) is 20.8 Å². The maximum atomic E-state index is 12.3. The van der Waals surface area contributed by atoms with Crippen molar-refractivity contribution in [1.82, 2.24) is 0 Å². The van der Waals surface area contributed by atoms with Gasteiger partial charge in [-0.15, -0.1) is 0 Å². The van der Waals surface area contributed by atoms with Gasteiger partial charge >= 0.3 is 0 Å². The van der Waals surface area contributed by atoms with E-state index in [0.717, 1.165) is 12.8 Å². The molecule has 8 rings (SSSR count). The van der Waals surface area contributed by atoms with Gasteiger partial charge in [0.25, 0.3) is 0 Å². The van der Waals surface area contributed by atoms with E-state index in [2.05, 4.69) is 6.92 Å². The van der Waals surface area contributed by atoms with E-state index in [0.29, 0.717) is 57.5 Å². The first-order valence-corrected chi connectivity index (χ1v) is 23.5. The summed E-state index contributed by atoms with van der Waals surface area (Å²) in [4.78, 5) is 0. The minimum atomic E-state index is -1.70. The van der Waals surface area contributed by atoms with Crippen LogP contribution in [0.1, 0.15) is 91.5 Å². The van der Waals surface area contributed by atoms with E-state index in [-0.39, 0.29) is 50.9 Å². The fraction of sp³-hybridized carbons (Fsp3) is 0.222. The summed E-state index contributed by atoms with van der Waals surface area (Å²) in [5.74, 6) is 0. The van der Waals surface area contributed by atoms with Crippen LogP contribution < -0.4 is 0 Å². The Labute approximate surface area is 458 Å². The first-order valence-electron chi connectivity index (χ1n) is 23.5. The molecule has 0 saturated carbocycles. The predicted octanol–water partition coefficient (Wildman–Crippen LogP) is 11.5. The molecule has 8 aromatic rings. The summed E-state index contributed by atoms with van der Waals surface area (Å²) in [6.45, 7) is 7.42. The zero-order valence-corrected chi connectivity index (χ0v) is 45.3. The van der Waals surface area contributed by atoms with Gasteiger partial charge in [0.1, 0.15) is 0 Å². The number of hydrogen-bond donors (Lipinski definition) is 7.